The number of hydrogen-bond donors (Lipinski definition) is 0. The van der Waals surface area contributed by atoms with E-state index >= 15 is 0 Å². The largest absolute Gasteiger partial charge is 0.462 e. The summed E-state index contributed by atoms with van der Waals surface area (Å²) in [5, 5.41) is 0. The van der Waals surface area contributed by atoms with Gasteiger partial charge in [-0.25, -0.2) is 4.79 Å². The van der Waals surface area contributed by atoms with E-state index < -0.39 is 11.6 Å². The number of ether oxygens (including phenoxy) is 2. The van der Waals surface area contributed by atoms with Crippen molar-refractivity contribution in [2.75, 3.05) is 6.61 Å². The molecule has 0 aliphatic heterocycles. The molecule has 4 heteroatoms. The smallest absolute Gasteiger partial charge is 0.350 e. The lowest BCUT2D eigenvalue weighted by Gasteiger charge is -2.23. The maximum atomic E-state index is 11.7. The van der Waals surface area contributed by atoms with E-state index in [0.717, 1.165) is 6.42 Å². The Morgan fingerprint density at radius 3 is 2.29 bits per heavy atom. The van der Waals surface area contributed by atoms with Gasteiger partial charge in [0, 0.05) is 6.42 Å². The molecule has 0 aliphatic carbocycles. The first-order valence-corrected chi connectivity index (χ1v) is 6.22. The second-order valence-corrected chi connectivity index (χ2v) is 4.85. The quantitative estimate of drug-likeness (QED) is 0.646. The first-order chi connectivity index (χ1) is 7.83. The van der Waals surface area contributed by atoms with Gasteiger partial charge in [-0.15, -0.1) is 0 Å². The van der Waals surface area contributed by atoms with Crippen molar-refractivity contribution < 1.29 is 19.1 Å². The van der Waals surface area contributed by atoms with Crippen LogP contribution < -0.4 is 0 Å². The van der Waals surface area contributed by atoms with Crippen molar-refractivity contribution in [2.45, 2.75) is 59.5 Å². The molecule has 0 rings (SSSR count). The molecule has 17 heavy (non-hydrogen) atoms. The van der Waals surface area contributed by atoms with E-state index in [-0.39, 0.29) is 5.97 Å². The second kappa shape index (κ2) is 7.30. The maximum absolute atomic E-state index is 11.7. The monoisotopic (exact) mass is 244 g/mol. The van der Waals surface area contributed by atoms with E-state index in [4.69, 9.17) is 9.47 Å². The normalized spacial score (nSPS) is 13.0. The predicted molar refractivity (Wildman–Crippen MR) is 65.5 cm³/mol. The maximum Gasteiger partial charge on any atom is 0.350 e. The summed E-state index contributed by atoms with van der Waals surface area (Å²) in [7, 11) is 0. The summed E-state index contributed by atoms with van der Waals surface area (Å²) in [5.41, 5.74) is -1.19. The number of esters is 2. The van der Waals surface area contributed by atoms with Crippen LogP contribution in [-0.2, 0) is 19.1 Å². The summed E-state index contributed by atoms with van der Waals surface area (Å²) >= 11 is 0. The lowest BCUT2D eigenvalue weighted by molar-refractivity contribution is -0.179. The fraction of sp³-hybridized carbons (Fsp3) is 0.846. The molecule has 0 N–H and O–H groups in total. The van der Waals surface area contributed by atoms with Gasteiger partial charge in [-0.2, -0.15) is 0 Å². The molecule has 0 saturated heterocycles. The first-order valence-electron chi connectivity index (χ1n) is 6.22. The van der Waals surface area contributed by atoms with Crippen LogP contribution in [0.2, 0.25) is 0 Å². The third-order valence-corrected chi connectivity index (χ3v) is 2.51. The molecular weight excluding hydrogens is 220 g/mol. The van der Waals surface area contributed by atoms with Gasteiger partial charge in [-0.1, -0.05) is 27.2 Å². The fourth-order valence-electron chi connectivity index (χ4n) is 1.09. The Morgan fingerprint density at radius 1 is 1.24 bits per heavy atom. The Bertz CT molecular complexity index is 258. The Labute approximate surface area is 104 Å². The van der Waals surface area contributed by atoms with Gasteiger partial charge in [-0.05, 0) is 26.2 Å². The van der Waals surface area contributed by atoms with Gasteiger partial charge in [0.25, 0.3) is 0 Å². The van der Waals surface area contributed by atoms with Crippen molar-refractivity contribution in [3.63, 3.8) is 0 Å². The number of hydrogen-bond acceptors (Lipinski definition) is 4. The summed E-state index contributed by atoms with van der Waals surface area (Å²) in [4.78, 5) is 23.1. The average molecular weight is 244 g/mol. The molecule has 0 saturated carbocycles. The number of carbonyl (C=O) groups is 2. The van der Waals surface area contributed by atoms with Crippen molar-refractivity contribution in [2.24, 2.45) is 5.92 Å². The van der Waals surface area contributed by atoms with E-state index in [2.05, 4.69) is 0 Å². The van der Waals surface area contributed by atoms with Gasteiger partial charge in [0.1, 0.15) is 0 Å². The van der Waals surface area contributed by atoms with Crippen molar-refractivity contribution in [1.82, 2.24) is 0 Å². The highest BCUT2D eigenvalue weighted by Gasteiger charge is 2.33. The van der Waals surface area contributed by atoms with Gasteiger partial charge in [0.2, 0.25) is 5.60 Å². The van der Waals surface area contributed by atoms with Crippen LogP contribution in [0.15, 0.2) is 0 Å². The Morgan fingerprint density at radius 2 is 1.82 bits per heavy atom. The van der Waals surface area contributed by atoms with Gasteiger partial charge < -0.3 is 9.47 Å². The van der Waals surface area contributed by atoms with E-state index in [1.54, 1.807) is 13.8 Å². The van der Waals surface area contributed by atoms with E-state index in [0.29, 0.717) is 25.4 Å². The summed E-state index contributed by atoms with van der Waals surface area (Å²) in [5.74, 6) is -0.527. The minimum Gasteiger partial charge on any atom is -0.462 e. The van der Waals surface area contributed by atoms with Crippen molar-refractivity contribution in [3.05, 3.63) is 0 Å². The molecule has 1 unspecified atom stereocenters. The SMILES string of the molecule is CCCC(=O)OC(C)(C)C(=O)OCC(C)CC. The standard InChI is InChI=1S/C13H24O4/c1-6-8-11(14)17-13(4,5)12(15)16-9-10(3)7-2/h10H,6-9H2,1-5H3. The van der Waals surface area contributed by atoms with Crippen LogP contribution >= 0.6 is 0 Å². The molecule has 0 bridgehead atoms. The van der Waals surface area contributed by atoms with Crippen molar-refractivity contribution >= 4 is 11.9 Å². The van der Waals surface area contributed by atoms with Crippen LogP contribution in [0, 0.1) is 5.92 Å². The third kappa shape index (κ3) is 6.29. The topological polar surface area (TPSA) is 52.6 Å². The lowest BCUT2D eigenvalue weighted by atomic mass is 10.1. The van der Waals surface area contributed by atoms with E-state index in [9.17, 15) is 9.59 Å². The third-order valence-electron chi connectivity index (χ3n) is 2.51. The number of carbonyl (C=O) groups excluding carboxylic acids is 2. The zero-order valence-corrected chi connectivity index (χ0v) is 11.5. The van der Waals surface area contributed by atoms with Crippen molar-refractivity contribution in [1.29, 1.82) is 0 Å². The average Bonchev–Trinajstić information content (AvgIpc) is 2.24. The van der Waals surface area contributed by atoms with Gasteiger partial charge in [-0.3, -0.25) is 4.79 Å². The lowest BCUT2D eigenvalue weighted by Crippen LogP contribution is -2.39. The molecule has 0 heterocycles. The molecule has 0 fully saturated rings. The molecule has 4 nitrogen and oxygen atoms in total. The molecule has 100 valence electrons. The molecule has 1 atom stereocenters. The van der Waals surface area contributed by atoms with E-state index in [1.165, 1.54) is 0 Å². The fourth-order valence-corrected chi connectivity index (χ4v) is 1.09. The molecular formula is C13H24O4. The summed E-state index contributed by atoms with van der Waals surface area (Å²) < 4.78 is 10.2. The van der Waals surface area contributed by atoms with Crippen LogP contribution in [0.3, 0.4) is 0 Å². The van der Waals surface area contributed by atoms with Crippen LogP contribution in [0.25, 0.3) is 0 Å². The summed E-state index contributed by atoms with van der Waals surface area (Å²) in [6.07, 6.45) is 1.97. The molecule has 0 spiro atoms. The highest BCUT2D eigenvalue weighted by molar-refractivity contribution is 5.82. The minimum atomic E-state index is -1.19. The highest BCUT2D eigenvalue weighted by Crippen LogP contribution is 2.14. The molecule has 0 aromatic carbocycles. The Kier molecular flexibility index (Phi) is 6.85. The Balaban J connectivity index is 4.20. The predicted octanol–water partition coefficient (Wildman–Crippen LogP) is 2.70. The van der Waals surface area contributed by atoms with Gasteiger partial charge >= 0.3 is 11.9 Å². The second-order valence-electron chi connectivity index (χ2n) is 4.85. The highest BCUT2D eigenvalue weighted by atomic mass is 16.6. The molecule has 0 aromatic rings. The van der Waals surface area contributed by atoms with Crippen LogP contribution in [0.5, 0.6) is 0 Å². The molecule has 0 radical (unpaired) electrons. The van der Waals surface area contributed by atoms with Crippen LogP contribution in [0.1, 0.15) is 53.9 Å². The number of rotatable bonds is 7. The summed E-state index contributed by atoms with van der Waals surface area (Å²) in [6, 6.07) is 0. The minimum absolute atomic E-state index is 0.320. The molecule has 0 aromatic heterocycles. The molecule has 0 amide bonds. The van der Waals surface area contributed by atoms with Gasteiger partial charge in [0.05, 0.1) is 6.61 Å². The Hall–Kier alpha value is -1.06. The zero-order chi connectivity index (χ0) is 13.5. The zero-order valence-electron chi connectivity index (χ0n) is 11.5. The molecule has 0 aliphatic rings. The first kappa shape index (κ1) is 15.9. The van der Waals surface area contributed by atoms with E-state index in [1.807, 2.05) is 20.8 Å². The summed E-state index contributed by atoms with van der Waals surface area (Å²) in [6.45, 7) is 9.40. The van der Waals surface area contributed by atoms with Crippen LogP contribution in [-0.4, -0.2) is 24.1 Å². The van der Waals surface area contributed by atoms with Crippen LogP contribution in [0.4, 0.5) is 0 Å². The van der Waals surface area contributed by atoms with Crippen molar-refractivity contribution in [3.8, 4) is 0 Å². The van der Waals surface area contributed by atoms with Gasteiger partial charge in [0.15, 0.2) is 0 Å².